The van der Waals surface area contributed by atoms with Crippen LogP contribution in [0, 0.1) is 5.82 Å². The van der Waals surface area contributed by atoms with E-state index in [1.165, 1.54) is 24.3 Å². The molecule has 0 spiro atoms. The van der Waals surface area contributed by atoms with Crippen molar-refractivity contribution in [2.75, 3.05) is 6.61 Å². The number of benzene rings is 2. The molecule has 3 nitrogen and oxygen atoms in total. The van der Waals surface area contributed by atoms with Gasteiger partial charge in [-0.2, -0.15) is 0 Å². The highest BCUT2D eigenvalue weighted by atomic mass is 19.1. The van der Waals surface area contributed by atoms with Crippen LogP contribution in [0.4, 0.5) is 4.39 Å². The smallest absolute Gasteiger partial charge is 0.331 e. The Morgan fingerprint density at radius 1 is 1.09 bits per heavy atom. The molecule has 0 amide bonds. The van der Waals surface area contributed by atoms with E-state index in [2.05, 4.69) is 6.58 Å². The summed E-state index contributed by atoms with van der Waals surface area (Å²) in [5.41, 5.74) is 1.75. The number of hydrogen-bond donors (Lipinski definition) is 0. The molecule has 0 aliphatic carbocycles. The minimum absolute atomic E-state index is 0.194. The molecular formula is C19H17FO3. The Labute approximate surface area is 134 Å². The Morgan fingerprint density at radius 3 is 2.43 bits per heavy atom. The molecule has 2 aromatic rings. The Kier molecular flexibility index (Phi) is 6.12. The van der Waals surface area contributed by atoms with Gasteiger partial charge in [0.1, 0.15) is 24.8 Å². The number of hydrogen-bond acceptors (Lipinski definition) is 3. The summed E-state index contributed by atoms with van der Waals surface area (Å²) in [5, 5.41) is 0. The van der Waals surface area contributed by atoms with Gasteiger partial charge >= 0.3 is 5.97 Å². The molecule has 0 saturated carbocycles. The van der Waals surface area contributed by atoms with Gasteiger partial charge in [-0.05, 0) is 41.5 Å². The maximum Gasteiger partial charge on any atom is 0.331 e. The van der Waals surface area contributed by atoms with Crippen molar-refractivity contribution in [1.29, 1.82) is 0 Å². The third-order valence-electron chi connectivity index (χ3n) is 2.95. The van der Waals surface area contributed by atoms with Gasteiger partial charge in [0.05, 0.1) is 0 Å². The molecule has 4 heteroatoms. The van der Waals surface area contributed by atoms with Gasteiger partial charge in [0.25, 0.3) is 0 Å². The normalized spacial score (nSPS) is 10.5. The fourth-order valence-corrected chi connectivity index (χ4v) is 1.78. The second-order valence-electron chi connectivity index (χ2n) is 4.74. The van der Waals surface area contributed by atoms with Crippen LogP contribution in [0.3, 0.4) is 0 Å². The summed E-state index contributed by atoms with van der Waals surface area (Å²) in [7, 11) is 0. The highest BCUT2D eigenvalue weighted by Gasteiger charge is 1.98. The van der Waals surface area contributed by atoms with Crippen molar-refractivity contribution >= 4 is 12.0 Å². The third-order valence-corrected chi connectivity index (χ3v) is 2.95. The summed E-state index contributed by atoms with van der Waals surface area (Å²) in [5.74, 6) is 0.0127. The van der Waals surface area contributed by atoms with Gasteiger partial charge < -0.3 is 9.47 Å². The number of ether oxygens (including phenoxy) is 2. The SMILES string of the molecule is C=CCOC(=O)/C=C/c1ccc(OCc2ccc(F)cc2)cc1. The van der Waals surface area contributed by atoms with E-state index in [-0.39, 0.29) is 12.4 Å². The summed E-state index contributed by atoms with van der Waals surface area (Å²) in [6.45, 7) is 4.03. The second kappa shape index (κ2) is 8.54. The van der Waals surface area contributed by atoms with Crippen LogP contribution in [-0.4, -0.2) is 12.6 Å². The number of esters is 1. The maximum absolute atomic E-state index is 12.8. The molecule has 0 aliphatic rings. The first-order chi connectivity index (χ1) is 11.2. The van der Waals surface area contributed by atoms with E-state index in [0.29, 0.717) is 12.4 Å². The molecule has 0 saturated heterocycles. The minimum Gasteiger partial charge on any atom is -0.489 e. The van der Waals surface area contributed by atoms with Crippen molar-refractivity contribution in [3.8, 4) is 5.75 Å². The highest BCUT2D eigenvalue weighted by Crippen LogP contribution is 2.15. The monoisotopic (exact) mass is 312 g/mol. The molecule has 2 aromatic carbocycles. The van der Waals surface area contributed by atoms with Crippen LogP contribution >= 0.6 is 0 Å². The lowest BCUT2D eigenvalue weighted by atomic mass is 10.2. The lowest BCUT2D eigenvalue weighted by Crippen LogP contribution is -1.99. The first kappa shape index (κ1) is 16.5. The molecule has 2 rings (SSSR count). The Hall–Kier alpha value is -2.88. The summed E-state index contributed by atoms with van der Waals surface area (Å²) in [4.78, 5) is 11.3. The van der Waals surface area contributed by atoms with Crippen molar-refractivity contribution in [3.05, 3.63) is 84.2 Å². The summed E-state index contributed by atoms with van der Waals surface area (Å²) in [6, 6.07) is 13.4. The van der Waals surface area contributed by atoms with E-state index in [4.69, 9.17) is 9.47 Å². The lowest BCUT2D eigenvalue weighted by molar-refractivity contribution is -0.136. The summed E-state index contributed by atoms with van der Waals surface area (Å²) in [6.07, 6.45) is 4.53. The summed E-state index contributed by atoms with van der Waals surface area (Å²) >= 11 is 0. The number of carbonyl (C=O) groups is 1. The first-order valence-electron chi connectivity index (χ1n) is 7.10. The maximum atomic E-state index is 12.8. The van der Waals surface area contributed by atoms with E-state index in [9.17, 15) is 9.18 Å². The molecule has 118 valence electrons. The van der Waals surface area contributed by atoms with E-state index in [1.807, 2.05) is 12.1 Å². The largest absolute Gasteiger partial charge is 0.489 e. The van der Waals surface area contributed by atoms with Crippen molar-refractivity contribution in [1.82, 2.24) is 0 Å². The number of carbonyl (C=O) groups excluding carboxylic acids is 1. The van der Waals surface area contributed by atoms with Crippen LogP contribution < -0.4 is 4.74 Å². The molecule has 0 aromatic heterocycles. The molecular weight excluding hydrogens is 295 g/mol. The Morgan fingerprint density at radius 2 is 1.78 bits per heavy atom. The predicted molar refractivity (Wildman–Crippen MR) is 87.4 cm³/mol. The zero-order chi connectivity index (χ0) is 16.5. The minimum atomic E-state index is -0.415. The molecule has 23 heavy (non-hydrogen) atoms. The lowest BCUT2D eigenvalue weighted by Gasteiger charge is -2.06. The number of halogens is 1. The van der Waals surface area contributed by atoms with Crippen molar-refractivity contribution in [3.63, 3.8) is 0 Å². The molecule has 0 radical (unpaired) electrons. The molecule has 0 atom stereocenters. The average molecular weight is 312 g/mol. The predicted octanol–water partition coefficient (Wildman–Crippen LogP) is 4.15. The molecule has 0 N–H and O–H groups in total. The van der Waals surface area contributed by atoms with Crippen LogP contribution in [0.5, 0.6) is 5.75 Å². The van der Waals surface area contributed by atoms with Crippen LogP contribution in [0.2, 0.25) is 0 Å². The fraction of sp³-hybridized carbons (Fsp3) is 0.105. The van der Waals surface area contributed by atoms with Crippen LogP contribution in [0.25, 0.3) is 6.08 Å². The van der Waals surface area contributed by atoms with Gasteiger partial charge in [0, 0.05) is 6.08 Å². The Bertz CT molecular complexity index is 673. The Balaban J connectivity index is 1.86. The molecule has 0 heterocycles. The zero-order valence-electron chi connectivity index (χ0n) is 12.6. The summed E-state index contributed by atoms with van der Waals surface area (Å²) < 4.78 is 23.3. The standard InChI is InChI=1S/C19H17FO3/c1-2-13-22-19(21)12-7-15-5-10-18(11-6-15)23-14-16-3-8-17(20)9-4-16/h2-12H,1,13-14H2/b12-7+. The van der Waals surface area contributed by atoms with E-state index < -0.39 is 5.97 Å². The van der Waals surface area contributed by atoms with Crippen LogP contribution in [0.15, 0.2) is 67.3 Å². The molecule has 0 fully saturated rings. The van der Waals surface area contributed by atoms with Gasteiger partial charge in [0.15, 0.2) is 0 Å². The van der Waals surface area contributed by atoms with E-state index in [1.54, 1.807) is 30.3 Å². The van der Waals surface area contributed by atoms with Gasteiger partial charge in [-0.1, -0.05) is 36.9 Å². The van der Waals surface area contributed by atoms with Gasteiger partial charge in [-0.25, -0.2) is 9.18 Å². The van der Waals surface area contributed by atoms with Crippen LogP contribution in [-0.2, 0) is 16.1 Å². The van der Waals surface area contributed by atoms with E-state index >= 15 is 0 Å². The fourth-order valence-electron chi connectivity index (χ4n) is 1.78. The molecule has 0 bridgehead atoms. The van der Waals surface area contributed by atoms with Crippen LogP contribution in [0.1, 0.15) is 11.1 Å². The van der Waals surface area contributed by atoms with Crippen molar-refractivity contribution < 1.29 is 18.7 Å². The molecule has 0 unspecified atom stereocenters. The quantitative estimate of drug-likeness (QED) is 0.438. The topological polar surface area (TPSA) is 35.5 Å². The van der Waals surface area contributed by atoms with Crippen molar-refractivity contribution in [2.24, 2.45) is 0 Å². The average Bonchev–Trinajstić information content (AvgIpc) is 2.58. The third kappa shape index (κ3) is 5.79. The highest BCUT2D eigenvalue weighted by molar-refractivity contribution is 5.87. The molecule has 0 aliphatic heterocycles. The zero-order valence-corrected chi connectivity index (χ0v) is 12.6. The van der Waals surface area contributed by atoms with Gasteiger partial charge in [-0.3, -0.25) is 0 Å². The van der Waals surface area contributed by atoms with E-state index in [0.717, 1.165) is 11.1 Å². The first-order valence-corrected chi connectivity index (χ1v) is 7.10. The number of rotatable bonds is 7. The second-order valence-corrected chi connectivity index (χ2v) is 4.74. The van der Waals surface area contributed by atoms with Gasteiger partial charge in [-0.15, -0.1) is 0 Å². The van der Waals surface area contributed by atoms with Crippen molar-refractivity contribution in [2.45, 2.75) is 6.61 Å². The van der Waals surface area contributed by atoms with Gasteiger partial charge in [0.2, 0.25) is 0 Å².